The highest BCUT2D eigenvalue weighted by Gasteiger charge is 2.00. The molecule has 0 radical (unpaired) electrons. The molecular formula is C15H15BrFNO. The van der Waals surface area contributed by atoms with Gasteiger partial charge in [0.25, 0.3) is 0 Å². The fraction of sp³-hybridized carbons (Fsp3) is 0.200. The van der Waals surface area contributed by atoms with E-state index in [1.54, 1.807) is 12.1 Å². The number of halogens is 2. The summed E-state index contributed by atoms with van der Waals surface area (Å²) in [5.74, 6) is 0.649. The second kappa shape index (κ2) is 6.57. The van der Waals surface area contributed by atoms with Crippen molar-refractivity contribution < 1.29 is 9.13 Å². The molecule has 100 valence electrons. The molecule has 2 aromatic rings. The van der Waals surface area contributed by atoms with Crippen LogP contribution in [0.2, 0.25) is 0 Å². The monoisotopic (exact) mass is 323 g/mol. The average Bonchev–Trinajstić information content (AvgIpc) is 2.39. The zero-order chi connectivity index (χ0) is 13.7. The van der Waals surface area contributed by atoms with Gasteiger partial charge in [0.2, 0.25) is 0 Å². The van der Waals surface area contributed by atoms with Crippen LogP contribution in [0, 0.1) is 12.7 Å². The minimum Gasteiger partial charge on any atom is -0.491 e. The minimum absolute atomic E-state index is 0.229. The standard InChI is InChI=1S/C15H15BrFNO/c1-11-10-12(16)2-7-15(11)19-9-8-18-14-5-3-13(17)4-6-14/h2-7,10,18H,8-9H2,1H3. The fourth-order valence-electron chi connectivity index (χ4n) is 1.70. The number of rotatable bonds is 5. The van der Waals surface area contributed by atoms with Crippen molar-refractivity contribution in [1.29, 1.82) is 0 Å². The Morgan fingerprint density at radius 2 is 1.89 bits per heavy atom. The van der Waals surface area contributed by atoms with Gasteiger partial charge in [0, 0.05) is 16.7 Å². The average molecular weight is 324 g/mol. The third-order valence-electron chi connectivity index (χ3n) is 2.67. The number of ether oxygens (including phenoxy) is 1. The van der Waals surface area contributed by atoms with Gasteiger partial charge in [-0.15, -0.1) is 0 Å². The Kier molecular flexibility index (Phi) is 4.80. The van der Waals surface area contributed by atoms with Gasteiger partial charge in [0.15, 0.2) is 0 Å². The number of hydrogen-bond acceptors (Lipinski definition) is 2. The lowest BCUT2D eigenvalue weighted by Gasteiger charge is -2.10. The van der Waals surface area contributed by atoms with Gasteiger partial charge in [-0.25, -0.2) is 4.39 Å². The fourth-order valence-corrected chi connectivity index (χ4v) is 2.17. The maximum atomic E-state index is 12.7. The predicted octanol–water partition coefficient (Wildman–Crippen LogP) is 4.39. The van der Waals surface area contributed by atoms with Crippen molar-refractivity contribution in [2.45, 2.75) is 6.92 Å². The molecule has 0 aromatic heterocycles. The molecule has 2 nitrogen and oxygen atoms in total. The first-order valence-electron chi connectivity index (χ1n) is 6.03. The van der Waals surface area contributed by atoms with Crippen LogP contribution in [0.1, 0.15) is 5.56 Å². The molecule has 2 aromatic carbocycles. The van der Waals surface area contributed by atoms with Crippen LogP contribution in [0.15, 0.2) is 46.9 Å². The summed E-state index contributed by atoms with van der Waals surface area (Å²) in [7, 11) is 0. The lowest BCUT2D eigenvalue weighted by Crippen LogP contribution is -2.11. The van der Waals surface area contributed by atoms with Crippen molar-refractivity contribution >= 4 is 21.6 Å². The molecule has 0 fully saturated rings. The first-order chi connectivity index (χ1) is 9.15. The molecule has 19 heavy (non-hydrogen) atoms. The molecule has 0 unspecified atom stereocenters. The van der Waals surface area contributed by atoms with Crippen LogP contribution in [-0.2, 0) is 0 Å². The Morgan fingerprint density at radius 1 is 1.16 bits per heavy atom. The van der Waals surface area contributed by atoms with Crippen molar-refractivity contribution in [3.8, 4) is 5.75 Å². The summed E-state index contributed by atoms with van der Waals surface area (Å²) in [6.45, 7) is 3.23. The summed E-state index contributed by atoms with van der Waals surface area (Å²) in [6, 6.07) is 12.2. The van der Waals surface area contributed by atoms with Crippen molar-refractivity contribution in [3.05, 3.63) is 58.3 Å². The Balaban J connectivity index is 1.79. The molecule has 0 saturated heterocycles. The Bertz CT molecular complexity index is 542. The second-order valence-electron chi connectivity index (χ2n) is 4.19. The lowest BCUT2D eigenvalue weighted by molar-refractivity contribution is 0.330. The summed E-state index contributed by atoms with van der Waals surface area (Å²) < 4.78 is 19.4. The number of anilines is 1. The molecule has 0 amide bonds. The zero-order valence-electron chi connectivity index (χ0n) is 10.6. The quantitative estimate of drug-likeness (QED) is 0.824. The third kappa shape index (κ3) is 4.24. The van der Waals surface area contributed by atoms with Crippen LogP contribution in [0.3, 0.4) is 0 Å². The summed E-state index contributed by atoms with van der Waals surface area (Å²) in [5, 5.41) is 3.17. The van der Waals surface area contributed by atoms with Gasteiger partial charge < -0.3 is 10.1 Å². The van der Waals surface area contributed by atoms with Crippen molar-refractivity contribution in [2.75, 3.05) is 18.5 Å². The summed E-state index contributed by atoms with van der Waals surface area (Å²) in [4.78, 5) is 0. The Morgan fingerprint density at radius 3 is 2.58 bits per heavy atom. The molecule has 0 aliphatic carbocycles. The third-order valence-corrected chi connectivity index (χ3v) is 3.16. The van der Waals surface area contributed by atoms with E-state index in [-0.39, 0.29) is 5.82 Å². The van der Waals surface area contributed by atoms with Gasteiger partial charge in [0.1, 0.15) is 18.2 Å². The number of hydrogen-bond donors (Lipinski definition) is 1. The van der Waals surface area contributed by atoms with Gasteiger partial charge in [-0.2, -0.15) is 0 Å². The molecule has 2 rings (SSSR count). The van der Waals surface area contributed by atoms with Gasteiger partial charge in [-0.05, 0) is 55.0 Å². The first-order valence-corrected chi connectivity index (χ1v) is 6.83. The van der Waals surface area contributed by atoms with Crippen LogP contribution in [-0.4, -0.2) is 13.2 Å². The highest BCUT2D eigenvalue weighted by molar-refractivity contribution is 9.10. The van der Waals surface area contributed by atoms with E-state index in [2.05, 4.69) is 21.2 Å². The first kappa shape index (κ1) is 13.9. The smallest absolute Gasteiger partial charge is 0.123 e. The van der Waals surface area contributed by atoms with Crippen molar-refractivity contribution in [1.82, 2.24) is 0 Å². The largest absolute Gasteiger partial charge is 0.491 e. The topological polar surface area (TPSA) is 21.3 Å². The molecular weight excluding hydrogens is 309 g/mol. The molecule has 0 bridgehead atoms. The summed E-state index contributed by atoms with van der Waals surface area (Å²) in [6.07, 6.45) is 0. The molecule has 4 heteroatoms. The molecule has 0 saturated carbocycles. The van der Waals surface area contributed by atoms with Crippen molar-refractivity contribution in [2.24, 2.45) is 0 Å². The van der Waals surface area contributed by atoms with E-state index in [0.29, 0.717) is 13.2 Å². The van der Waals surface area contributed by atoms with E-state index in [0.717, 1.165) is 21.5 Å². The molecule has 0 heterocycles. The molecule has 0 aliphatic heterocycles. The predicted molar refractivity (Wildman–Crippen MR) is 79.3 cm³/mol. The van der Waals surface area contributed by atoms with Crippen LogP contribution in [0.5, 0.6) is 5.75 Å². The molecule has 0 atom stereocenters. The van der Waals surface area contributed by atoms with Gasteiger partial charge in [0.05, 0.1) is 0 Å². The van der Waals surface area contributed by atoms with E-state index in [4.69, 9.17) is 4.74 Å². The highest BCUT2D eigenvalue weighted by atomic mass is 79.9. The zero-order valence-corrected chi connectivity index (χ0v) is 12.2. The second-order valence-corrected chi connectivity index (χ2v) is 5.11. The minimum atomic E-state index is -0.229. The molecule has 1 N–H and O–H groups in total. The summed E-state index contributed by atoms with van der Waals surface area (Å²) in [5.41, 5.74) is 1.98. The number of nitrogens with one attached hydrogen (secondary N) is 1. The van der Waals surface area contributed by atoms with E-state index in [1.807, 2.05) is 25.1 Å². The van der Waals surface area contributed by atoms with Crippen LogP contribution >= 0.6 is 15.9 Å². The van der Waals surface area contributed by atoms with E-state index >= 15 is 0 Å². The van der Waals surface area contributed by atoms with Crippen LogP contribution in [0.25, 0.3) is 0 Å². The van der Waals surface area contributed by atoms with Crippen LogP contribution < -0.4 is 10.1 Å². The molecule has 0 spiro atoms. The van der Waals surface area contributed by atoms with E-state index < -0.39 is 0 Å². The van der Waals surface area contributed by atoms with Gasteiger partial charge >= 0.3 is 0 Å². The Labute approximate surface area is 120 Å². The Hall–Kier alpha value is -1.55. The highest BCUT2D eigenvalue weighted by Crippen LogP contribution is 2.22. The maximum absolute atomic E-state index is 12.7. The number of benzene rings is 2. The number of aryl methyl sites for hydroxylation is 1. The van der Waals surface area contributed by atoms with E-state index in [1.165, 1.54) is 12.1 Å². The normalized spacial score (nSPS) is 10.3. The van der Waals surface area contributed by atoms with Crippen LogP contribution in [0.4, 0.5) is 10.1 Å². The molecule has 0 aliphatic rings. The van der Waals surface area contributed by atoms with Crippen molar-refractivity contribution in [3.63, 3.8) is 0 Å². The summed E-state index contributed by atoms with van der Waals surface area (Å²) >= 11 is 3.42. The SMILES string of the molecule is Cc1cc(Br)ccc1OCCNc1ccc(F)cc1. The maximum Gasteiger partial charge on any atom is 0.123 e. The van der Waals surface area contributed by atoms with E-state index in [9.17, 15) is 4.39 Å². The van der Waals surface area contributed by atoms with Gasteiger partial charge in [-0.3, -0.25) is 0 Å². The lowest BCUT2D eigenvalue weighted by atomic mass is 10.2. The van der Waals surface area contributed by atoms with Gasteiger partial charge in [-0.1, -0.05) is 15.9 Å².